The van der Waals surface area contributed by atoms with E-state index in [1.165, 1.54) is 5.56 Å². The third-order valence-corrected chi connectivity index (χ3v) is 3.00. The minimum Gasteiger partial charge on any atom is -0.488 e. The predicted molar refractivity (Wildman–Crippen MR) is 87.8 cm³/mol. The second-order valence-corrected chi connectivity index (χ2v) is 6.22. The van der Waals surface area contributed by atoms with Crippen LogP contribution in [0.25, 0.3) is 0 Å². The molecule has 1 aromatic carbocycles. The first-order chi connectivity index (χ1) is 10.4. The van der Waals surface area contributed by atoms with Gasteiger partial charge in [-0.05, 0) is 51.5 Å². The quantitative estimate of drug-likeness (QED) is 0.924. The molecule has 0 saturated heterocycles. The van der Waals surface area contributed by atoms with Crippen LogP contribution in [0.5, 0.6) is 5.75 Å². The highest BCUT2D eigenvalue weighted by atomic mass is 16.5. The van der Waals surface area contributed by atoms with Crippen LogP contribution in [0.15, 0.2) is 36.5 Å². The number of rotatable bonds is 4. The molecule has 0 radical (unpaired) electrons. The molecule has 0 aliphatic rings. The summed E-state index contributed by atoms with van der Waals surface area (Å²) in [5.41, 5.74) is 3.31. The average Bonchev–Trinajstić information content (AvgIpc) is 2.45. The van der Waals surface area contributed by atoms with Crippen LogP contribution in [-0.4, -0.2) is 10.6 Å². The van der Waals surface area contributed by atoms with Crippen molar-refractivity contribution in [3.63, 3.8) is 0 Å². The molecule has 0 aliphatic carbocycles. The molecule has 2 rings (SSSR count). The van der Waals surface area contributed by atoms with Crippen molar-refractivity contribution >= 4 is 5.69 Å². The van der Waals surface area contributed by atoms with Gasteiger partial charge in [-0.3, -0.25) is 0 Å². The number of hydrogen-bond donors (Lipinski definition) is 1. The molecule has 0 fully saturated rings. The summed E-state index contributed by atoms with van der Waals surface area (Å²) < 4.78 is 6.04. The zero-order valence-corrected chi connectivity index (χ0v) is 13.5. The van der Waals surface area contributed by atoms with E-state index in [2.05, 4.69) is 35.4 Å². The normalized spacial score (nSPS) is 10.9. The van der Waals surface area contributed by atoms with Gasteiger partial charge in [0, 0.05) is 12.1 Å². The largest absolute Gasteiger partial charge is 0.488 e. The molecule has 2 aromatic rings. The zero-order valence-electron chi connectivity index (χ0n) is 13.5. The Kier molecular flexibility index (Phi) is 4.67. The molecule has 1 aromatic heterocycles. The molecule has 4 heteroatoms. The van der Waals surface area contributed by atoms with E-state index >= 15 is 0 Å². The van der Waals surface area contributed by atoms with Crippen LogP contribution in [0.4, 0.5) is 5.69 Å². The monoisotopic (exact) mass is 295 g/mol. The second-order valence-electron chi connectivity index (χ2n) is 6.22. The minimum atomic E-state index is -0.238. The maximum atomic E-state index is 8.76. The molecular formula is C18H21N3O. The topological polar surface area (TPSA) is 57.9 Å². The number of pyridine rings is 1. The van der Waals surface area contributed by atoms with Crippen molar-refractivity contribution in [2.45, 2.75) is 39.8 Å². The fourth-order valence-electron chi connectivity index (χ4n) is 1.99. The first-order valence-electron chi connectivity index (χ1n) is 7.26. The molecular weight excluding hydrogens is 274 g/mol. The third kappa shape index (κ3) is 4.49. The number of ether oxygens (including phenoxy) is 1. The number of aryl methyl sites for hydroxylation is 1. The summed E-state index contributed by atoms with van der Waals surface area (Å²) in [6.45, 7) is 8.81. The van der Waals surface area contributed by atoms with Gasteiger partial charge in [-0.2, -0.15) is 5.26 Å². The van der Waals surface area contributed by atoms with Gasteiger partial charge in [0.25, 0.3) is 0 Å². The van der Waals surface area contributed by atoms with Crippen molar-refractivity contribution in [2.24, 2.45) is 0 Å². The molecule has 22 heavy (non-hydrogen) atoms. The third-order valence-electron chi connectivity index (χ3n) is 3.00. The maximum absolute atomic E-state index is 8.76. The molecule has 1 heterocycles. The lowest BCUT2D eigenvalue weighted by Gasteiger charge is -2.24. The highest BCUT2D eigenvalue weighted by Crippen LogP contribution is 2.25. The van der Waals surface area contributed by atoms with E-state index in [1.807, 2.05) is 32.9 Å². The lowest BCUT2D eigenvalue weighted by Crippen LogP contribution is -2.24. The standard InChI is InChI=1S/C18H21N3O/c1-13-5-6-14(17(9-13)22-18(2,3)4)11-20-16-8-7-15(10-19)21-12-16/h5-9,12,20H,11H2,1-4H3. The number of nitrogens with zero attached hydrogens (tertiary/aromatic N) is 2. The van der Waals surface area contributed by atoms with Gasteiger partial charge in [-0.15, -0.1) is 0 Å². The van der Waals surface area contributed by atoms with Crippen molar-refractivity contribution in [1.29, 1.82) is 5.26 Å². The minimum absolute atomic E-state index is 0.238. The molecule has 114 valence electrons. The molecule has 0 unspecified atom stereocenters. The Balaban J connectivity index is 2.13. The maximum Gasteiger partial charge on any atom is 0.140 e. The van der Waals surface area contributed by atoms with Gasteiger partial charge in [0.15, 0.2) is 0 Å². The molecule has 0 amide bonds. The van der Waals surface area contributed by atoms with Crippen molar-refractivity contribution in [3.05, 3.63) is 53.3 Å². The smallest absolute Gasteiger partial charge is 0.140 e. The van der Waals surface area contributed by atoms with Crippen LogP contribution in [0.2, 0.25) is 0 Å². The number of nitriles is 1. The highest BCUT2D eigenvalue weighted by molar-refractivity contribution is 5.45. The lowest BCUT2D eigenvalue weighted by atomic mass is 10.1. The summed E-state index contributed by atoms with van der Waals surface area (Å²) in [5.74, 6) is 0.890. The van der Waals surface area contributed by atoms with Crippen LogP contribution >= 0.6 is 0 Å². The summed E-state index contributed by atoms with van der Waals surface area (Å²) in [6.07, 6.45) is 1.66. The fraction of sp³-hybridized carbons (Fsp3) is 0.333. The van der Waals surface area contributed by atoms with E-state index in [-0.39, 0.29) is 5.60 Å². The Morgan fingerprint density at radius 3 is 2.59 bits per heavy atom. The first kappa shape index (κ1) is 15.8. The van der Waals surface area contributed by atoms with E-state index in [9.17, 15) is 0 Å². The van der Waals surface area contributed by atoms with Crippen LogP contribution in [-0.2, 0) is 6.54 Å². The SMILES string of the molecule is Cc1ccc(CNc2ccc(C#N)nc2)c(OC(C)(C)C)c1. The van der Waals surface area contributed by atoms with Gasteiger partial charge in [0.05, 0.1) is 11.9 Å². The van der Waals surface area contributed by atoms with Crippen molar-refractivity contribution < 1.29 is 4.74 Å². The van der Waals surface area contributed by atoms with Gasteiger partial charge in [-0.1, -0.05) is 12.1 Å². The number of aromatic nitrogens is 1. The van der Waals surface area contributed by atoms with Crippen molar-refractivity contribution in [1.82, 2.24) is 4.98 Å². The van der Waals surface area contributed by atoms with E-state index in [0.717, 1.165) is 17.0 Å². The van der Waals surface area contributed by atoms with Gasteiger partial charge >= 0.3 is 0 Å². The van der Waals surface area contributed by atoms with E-state index in [1.54, 1.807) is 12.3 Å². The van der Waals surface area contributed by atoms with E-state index in [4.69, 9.17) is 10.00 Å². The highest BCUT2D eigenvalue weighted by Gasteiger charge is 2.14. The lowest BCUT2D eigenvalue weighted by molar-refractivity contribution is 0.129. The molecule has 0 atom stereocenters. The summed E-state index contributed by atoms with van der Waals surface area (Å²) in [5, 5.41) is 12.1. The second kappa shape index (κ2) is 6.48. The molecule has 0 aliphatic heterocycles. The Bertz CT molecular complexity index is 679. The molecule has 1 N–H and O–H groups in total. The number of anilines is 1. The number of benzene rings is 1. The van der Waals surface area contributed by atoms with Crippen molar-refractivity contribution in [3.8, 4) is 11.8 Å². The van der Waals surface area contributed by atoms with Crippen LogP contribution in [0, 0.1) is 18.3 Å². The number of nitrogens with one attached hydrogen (secondary N) is 1. The Morgan fingerprint density at radius 2 is 2.00 bits per heavy atom. The van der Waals surface area contributed by atoms with Gasteiger partial charge in [0.1, 0.15) is 23.1 Å². The average molecular weight is 295 g/mol. The van der Waals surface area contributed by atoms with E-state index < -0.39 is 0 Å². The summed E-state index contributed by atoms with van der Waals surface area (Å²) >= 11 is 0. The molecule has 4 nitrogen and oxygen atoms in total. The Labute approximate surface area is 131 Å². The molecule has 0 spiro atoms. The van der Waals surface area contributed by atoms with Gasteiger partial charge in [0.2, 0.25) is 0 Å². The number of hydrogen-bond acceptors (Lipinski definition) is 4. The fourth-order valence-corrected chi connectivity index (χ4v) is 1.99. The van der Waals surface area contributed by atoms with Crippen LogP contribution in [0.3, 0.4) is 0 Å². The summed E-state index contributed by atoms with van der Waals surface area (Å²) in [4.78, 5) is 4.05. The Morgan fingerprint density at radius 1 is 1.23 bits per heavy atom. The molecule has 0 saturated carbocycles. The van der Waals surface area contributed by atoms with Crippen LogP contribution in [0.1, 0.15) is 37.6 Å². The van der Waals surface area contributed by atoms with E-state index in [0.29, 0.717) is 12.2 Å². The Hall–Kier alpha value is -2.54. The van der Waals surface area contributed by atoms with Crippen molar-refractivity contribution in [2.75, 3.05) is 5.32 Å². The predicted octanol–water partition coefficient (Wildman–Crippen LogP) is 4.05. The van der Waals surface area contributed by atoms with Crippen LogP contribution < -0.4 is 10.1 Å². The summed E-state index contributed by atoms with van der Waals surface area (Å²) in [6, 6.07) is 11.8. The summed E-state index contributed by atoms with van der Waals surface area (Å²) in [7, 11) is 0. The first-order valence-corrected chi connectivity index (χ1v) is 7.26. The van der Waals surface area contributed by atoms with Gasteiger partial charge < -0.3 is 10.1 Å². The van der Waals surface area contributed by atoms with Gasteiger partial charge in [-0.25, -0.2) is 4.98 Å². The zero-order chi connectivity index (χ0) is 16.2. The molecule has 0 bridgehead atoms.